The molecule has 0 aliphatic rings. The second-order valence-corrected chi connectivity index (χ2v) is 2.75. The molecule has 14 heavy (non-hydrogen) atoms. The van der Waals surface area contributed by atoms with Gasteiger partial charge in [-0.25, -0.2) is 0 Å². The molecule has 3 N–H and O–H groups in total. The topological polar surface area (TPSA) is 70.2 Å². The van der Waals surface area contributed by atoms with Crippen molar-refractivity contribution in [3.05, 3.63) is 12.7 Å². The summed E-state index contributed by atoms with van der Waals surface area (Å²) in [6, 6.07) is 0. The summed E-state index contributed by atoms with van der Waals surface area (Å²) < 4.78 is 0. The fraction of sp³-hybridized carbons (Fsp3) is 0.556. The number of carbonyl (C=O) groups is 2. The Hall–Kier alpha value is -1.36. The Balaban J connectivity index is 3.26. The Morgan fingerprint density at radius 3 is 2.50 bits per heavy atom. The second-order valence-electron chi connectivity index (χ2n) is 2.75. The van der Waals surface area contributed by atoms with Gasteiger partial charge in [0, 0.05) is 26.6 Å². The van der Waals surface area contributed by atoms with Crippen molar-refractivity contribution in [2.45, 2.75) is 6.92 Å². The van der Waals surface area contributed by atoms with Gasteiger partial charge in [-0.15, -0.1) is 6.58 Å². The number of amides is 2. The summed E-state index contributed by atoms with van der Waals surface area (Å²) in [4.78, 5) is 21.5. The van der Waals surface area contributed by atoms with E-state index in [0.717, 1.165) is 0 Å². The highest BCUT2D eigenvalue weighted by Gasteiger charge is 1.98. The SMILES string of the molecule is C=CCNCC(=O)NCCNC(C)=O. The lowest BCUT2D eigenvalue weighted by Gasteiger charge is -2.05. The third-order valence-electron chi connectivity index (χ3n) is 1.40. The van der Waals surface area contributed by atoms with Gasteiger partial charge in [-0.2, -0.15) is 0 Å². The molecule has 5 nitrogen and oxygen atoms in total. The average molecular weight is 199 g/mol. The zero-order valence-electron chi connectivity index (χ0n) is 8.43. The molecule has 80 valence electrons. The molecule has 0 unspecified atom stereocenters. The third-order valence-corrected chi connectivity index (χ3v) is 1.40. The van der Waals surface area contributed by atoms with Crippen molar-refractivity contribution in [2.75, 3.05) is 26.2 Å². The first-order valence-electron chi connectivity index (χ1n) is 4.49. The van der Waals surface area contributed by atoms with Crippen molar-refractivity contribution in [3.8, 4) is 0 Å². The van der Waals surface area contributed by atoms with Crippen molar-refractivity contribution in [3.63, 3.8) is 0 Å². The number of rotatable bonds is 7. The summed E-state index contributed by atoms with van der Waals surface area (Å²) in [5.74, 6) is -0.179. The summed E-state index contributed by atoms with van der Waals surface area (Å²) in [5.41, 5.74) is 0. The van der Waals surface area contributed by atoms with Crippen LogP contribution < -0.4 is 16.0 Å². The van der Waals surface area contributed by atoms with Crippen LogP contribution in [-0.2, 0) is 9.59 Å². The maximum atomic E-state index is 11.0. The number of nitrogens with one attached hydrogen (secondary N) is 3. The standard InChI is InChI=1S/C9H17N3O2/c1-3-4-10-7-9(14)12-6-5-11-8(2)13/h3,10H,1,4-7H2,2H3,(H,11,13)(H,12,14). The molecule has 0 saturated heterocycles. The van der Waals surface area contributed by atoms with Gasteiger partial charge in [0.2, 0.25) is 11.8 Å². The molecule has 0 aliphatic carbocycles. The normalized spacial score (nSPS) is 9.21. The van der Waals surface area contributed by atoms with Crippen LogP contribution in [0.25, 0.3) is 0 Å². The predicted octanol–water partition coefficient (Wildman–Crippen LogP) is -0.986. The van der Waals surface area contributed by atoms with Crippen LogP contribution >= 0.6 is 0 Å². The van der Waals surface area contributed by atoms with E-state index in [4.69, 9.17) is 0 Å². The second kappa shape index (κ2) is 8.25. The molecule has 0 aliphatic heterocycles. The molecule has 0 saturated carbocycles. The Bertz CT molecular complexity index is 204. The highest BCUT2D eigenvalue weighted by molar-refractivity contribution is 5.78. The van der Waals surface area contributed by atoms with E-state index >= 15 is 0 Å². The van der Waals surface area contributed by atoms with Gasteiger partial charge in [0.05, 0.1) is 6.54 Å². The molecule has 0 bridgehead atoms. The fourth-order valence-corrected chi connectivity index (χ4v) is 0.791. The van der Waals surface area contributed by atoms with E-state index in [9.17, 15) is 9.59 Å². The van der Waals surface area contributed by atoms with Crippen LogP contribution in [0.1, 0.15) is 6.92 Å². The van der Waals surface area contributed by atoms with E-state index in [1.54, 1.807) is 6.08 Å². The van der Waals surface area contributed by atoms with Crippen molar-refractivity contribution in [1.29, 1.82) is 0 Å². The third kappa shape index (κ3) is 8.73. The van der Waals surface area contributed by atoms with E-state index in [1.807, 2.05) is 0 Å². The highest BCUT2D eigenvalue weighted by Crippen LogP contribution is 1.66. The lowest BCUT2D eigenvalue weighted by Crippen LogP contribution is -2.38. The monoisotopic (exact) mass is 199 g/mol. The van der Waals surface area contributed by atoms with Gasteiger partial charge in [0.15, 0.2) is 0 Å². The predicted molar refractivity (Wildman–Crippen MR) is 54.8 cm³/mol. The molecule has 0 atom stereocenters. The van der Waals surface area contributed by atoms with Crippen LogP contribution in [0.4, 0.5) is 0 Å². The molecule has 0 fully saturated rings. The van der Waals surface area contributed by atoms with Crippen LogP contribution in [0.15, 0.2) is 12.7 Å². The van der Waals surface area contributed by atoms with Gasteiger partial charge in [-0.3, -0.25) is 9.59 Å². The minimum atomic E-state index is -0.0935. The van der Waals surface area contributed by atoms with Gasteiger partial charge in [-0.05, 0) is 0 Å². The first-order valence-corrected chi connectivity index (χ1v) is 4.49. The maximum absolute atomic E-state index is 11.0. The van der Waals surface area contributed by atoms with Crippen LogP contribution in [0.5, 0.6) is 0 Å². The minimum absolute atomic E-state index is 0.0859. The van der Waals surface area contributed by atoms with Crippen LogP contribution in [0.2, 0.25) is 0 Å². The largest absolute Gasteiger partial charge is 0.355 e. The lowest BCUT2D eigenvalue weighted by molar-refractivity contribution is -0.121. The van der Waals surface area contributed by atoms with Crippen LogP contribution in [0.3, 0.4) is 0 Å². The summed E-state index contributed by atoms with van der Waals surface area (Å²) in [6.45, 7) is 6.74. The molecule has 0 aromatic heterocycles. The quantitative estimate of drug-likeness (QED) is 0.364. The van der Waals surface area contributed by atoms with Crippen molar-refractivity contribution in [2.24, 2.45) is 0 Å². The van der Waals surface area contributed by atoms with Crippen molar-refractivity contribution in [1.82, 2.24) is 16.0 Å². The van der Waals surface area contributed by atoms with Gasteiger partial charge in [-0.1, -0.05) is 6.08 Å². The van der Waals surface area contributed by atoms with Gasteiger partial charge >= 0.3 is 0 Å². The van der Waals surface area contributed by atoms with Crippen LogP contribution in [-0.4, -0.2) is 38.0 Å². The van der Waals surface area contributed by atoms with Gasteiger partial charge in [0.25, 0.3) is 0 Å². The first-order chi connectivity index (χ1) is 6.66. The minimum Gasteiger partial charge on any atom is -0.355 e. The molecular weight excluding hydrogens is 182 g/mol. The highest BCUT2D eigenvalue weighted by atomic mass is 16.2. The smallest absolute Gasteiger partial charge is 0.234 e. The van der Waals surface area contributed by atoms with E-state index < -0.39 is 0 Å². The Kier molecular flexibility index (Phi) is 7.45. The van der Waals surface area contributed by atoms with E-state index in [1.165, 1.54) is 6.92 Å². The molecule has 5 heteroatoms. The van der Waals surface area contributed by atoms with Crippen molar-refractivity contribution < 1.29 is 9.59 Å². The summed E-state index contributed by atoms with van der Waals surface area (Å²) in [6.07, 6.45) is 1.69. The first kappa shape index (κ1) is 12.6. The molecular formula is C9H17N3O2. The maximum Gasteiger partial charge on any atom is 0.234 e. The Morgan fingerprint density at radius 1 is 1.29 bits per heavy atom. The van der Waals surface area contributed by atoms with E-state index in [2.05, 4.69) is 22.5 Å². The average Bonchev–Trinajstić information content (AvgIpc) is 2.13. The number of hydrogen-bond donors (Lipinski definition) is 3. The van der Waals surface area contributed by atoms with Crippen LogP contribution in [0, 0.1) is 0 Å². The summed E-state index contributed by atoms with van der Waals surface area (Å²) in [7, 11) is 0. The molecule has 0 radical (unpaired) electrons. The Labute approximate surface area is 83.9 Å². The zero-order valence-corrected chi connectivity index (χ0v) is 8.43. The zero-order chi connectivity index (χ0) is 10.8. The molecule has 2 amide bonds. The van der Waals surface area contributed by atoms with E-state index in [-0.39, 0.29) is 18.4 Å². The molecule has 0 aromatic carbocycles. The molecule has 0 heterocycles. The fourth-order valence-electron chi connectivity index (χ4n) is 0.791. The van der Waals surface area contributed by atoms with Gasteiger partial charge in [0.1, 0.15) is 0 Å². The molecule has 0 aromatic rings. The number of hydrogen-bond acceptors (Lipinski definition) is 3. The van der Waals surface area contributed by atoms with Crippen molar-refractivity contribution >= 4 is 11.8 Å². The molecule has 0 spiro atoms. The number of carbonyl (C=O) groups excluding carboxylic acids is 2. The van der Waals surface area contributed by atoms with E-state index in [0.29, 0.717) is 19.6 Å². The Morgan fingerprint density at radius 2 is 1.93 bits per heavy atom. The summed E-state index contributed by atoms with van der Waals surface area (Å²) >= 11 is 0. The summed E-state index contributed by atoms with van der Waals surface area (Å²) in [5, 5.41) is 8.09. The molecule has 0 rings (SSSR count). The lowest BCUT2D eigenvalue weighted by atomic mass is 10.5. The van der Waals surface area contributed by atoms with Gasteiger partial charge < -0.3 is 16.0 Å².